The van der Waals surface area contributed by atoms with Crippen molar-refractivity contribution in [2.45, 2.75) is 0 Å². The average Bonchev–Trinajstić information content (AvgIpc) is 0. The molecule has 0 nitrogen and oxygen atoms in total. The van der Waals surface area contributed by atoms with Gasteiger partial charge < -0.3 is 12.4 Å². The minimum atomic E-state index is 0. The van der Waals surface area contributed by atoms with Crippen molar-refractivity contribution < 1.29 is 42.0 Å². The average molecular weight is 168 g/mol. The number of rotatable bonds is 0. The summed E-state index contributed by atoms with van der Waals surface area (Å²) in [5.41, 5.74) is 0. The zero-order chi connectivity index (χ0) is 0. The largest absolute Gasteiger partial charge is 1.00 e. The molecule has 0 saturated carbocycles. The fraction of sp³-hybridized carbons (Fsp3) is 0. The molecule has 5 heavy (non-hydrogen) atoms. The molecule has 0 aromatic heterocycles. The van der Waals surface area contributed by atoms with Crippen LogP contribution in [0.3, 0.4) is 0 Å². The molecule has 0 aromatic rings. The molecule has 0 aliphatic heterocycles. The molecule has 0 aliphatic rings. The van der Waals surface area contributed by atoms with E-state index >= 15 is 0 Å². The first kappa shape index (κ1) is 58.2. The van der Waals surface area contributed by atoms with E-state index in [1.165, 1.54) is 0 Å². The van der Waals surface area contributed by atoms with Crippen LogP contribution in [0.15, 0.2) is 0 Å². The Hall–Kier alpha value is 2.16. The summed E-state index contributed by atoms with van der Waals surface area (Å²) in [6, 6.07) is 0. The van der Waals surface area contributed by atoms with E-state index in [1.54, 1.807) is 0 Å². The van der Waals surface area contributed by atoms with Crippen molar-refractivity contribution in [2.75, 3.05) is 0 Å². The molecule has 0 saturated heterocycles. The Balaban J connectivity index is 0. The third-order valence-corrected chi connectivity index (χ3v) is 0. The molecule has 0 spiro atoms. The third-order valence-electron chi connectivity index (χ3n) is 0. The summed E-state index contributed by atoms with van der Waals surface area (Å²) in [6.07, 6.45) is 0. The van der Waals surface area contributed by atoms with Crippen LogP contribution in [0.2, 0.25) is 0 Å². The topological polar surface area (TPSA) is 0 Å². The van der Waals surface area contributed by atoms with Gasteiger partial charge in [-0.1, -0.05) is 0 Å². The fourth-order valence-corrected chi connectivity index (χ4v) is 0. The molecule has 0 bridgehead atoms. The first-order valence-corrected chi connectivity index (χ1v) is 0. The van der Waals surface area contributed by atoms with E-state index < -0.39 is 0 Å². The van der Waals surface area contributed by atoms with Crippen LogP contribution in [-0.2, 0) is 0 Å². The summed E-state index contributed by atoms with van der Waals surface area (Å²) in [7, 11) is 0. The molecule has 0 amide bonds. The molecule has 0 radical (unpaired) electrons. The fourth-order valence-electron chi connectivity index (χ4n) is 0. The maximum Gasteiger partial charge on any atom is 1.00 e. The molecular weight excluding hydrogens is 165 g/mol. The van der Waals surface area contributed by atoms with Crippen molar-refractivity contribution in [1.82, 2.24) is 0 Å². The van der Waals surface area contributed by atoms with Crippen LogP contribution in [0.5, 0.6) is 0 Å². The number of hydrogen-bond acceptors (Lipinski definition) is 0. The van der Waals surface area contributed by atoms with E-state index in [-0.39, 0.29) is 79.2 Å². The molecule has 5 heteroatoms. The molecule has 0 N–H and O–H groups in total. The Morgan fingerprint density at radius 2 is 0.600 bits per heavy atom. The first-order chi connectivity index (χ1) is 0. The van der Waals surface area contributed by atoms with Crippen molar-refractivity contribution >= 4 is 37.2 Å². The van der Waals surface area contributed by atoms with Crippen molar-refractivity contribution in [3.63, 3.8) is 0 Å². The molecule has 0 rings (SSSR count). The summed E-state index contributed by atoms with van der Waals surface area (Å²) in [5, 5.41) is 0. The third kappa shape index (κ3) is 22.8. The van der Waals surface area contributed by atoms with Gasteiger partial charge in [-0.2, -0.15) is 0 Å². The molecule has 0 unspecified atom stereocenters. The van der Waals surface area contributed by atoms with Crippen molar-refractivity contribution in [2.24, 2.45) is 0 Å². The van der Waals surface area contributed by atoms with Gasteiger partial charge in [0.05, 0.1) is 0 Å². The van der Waals surface area contributed by atoms with Gasteiger partial charge in [0.1, 0.15) is 0 Å². The Morgan fingerprint density at radius 3 is 0.600 bits per heavy atom. The van der Waals surface area contributed by atoms with E-state index in [2.05, 4.69) is 0 Å². The molecule has 0 atom stereocenters. The first-order valence-electron chi connectivity index (χ1n) is 0. The molecular formula is H3Cl4Na. The van der Waals surface area contributed by atoms with Crippen molar-refractivity contribution in [3.05, 3.63) is 0 Å². The molecule has 0 fully saturated rings. The van der Waals surface area contributed by atoms with Gasteiger partial charge in [-0.3, -0.25) is 0 Å². The summed E-state index contributed by atoms with van der Waals surface area (Å²) in [4.78, 5) is 0. The van der Waals surface area contributed by atoms with Gasteiger partial charge >= 0.3 is 29.6 Å². The SMILES string of the molecule is Cl.Cl.Cl.[Cl-].[Na+]. The van der Waals surface area contributed by atoms with E-state index in [4.69, 9.17) is 0 Å². The monoisotopic (exact) mass is 166 g/mol. The summed E-state index contributed by atoms with van der Waals surface area (Å²) in [5.74, 6) is 0. The van der Waals surface area contributed by atoms with Crippen molar-refractivity contribution in [3.8, 4) is 0 Å². The Bertz CT molecular complexity index is 3.61. The smallest absolute Gasteiger partial charge is 1.00 e. The second-order valence-corrected chi connectivity index (χ2v) is 0. The van der Waals surface area contributed by atoms with Crippen LogP contribution in [0.4, 0.5) is 0 Å². The Labute approximate surface area is 78.4 Å². The maximum absolute atomic E-state index is 0. The zero-order valence-corrected chi connectivity index (χ0v) is 7.81. The second kappa shape index (κ2) is 35.2. The van der Waals surface area contributed by atoms with Gasteiger partial charge in [-0.25, -0.2) is 0 Å². The Kier molecular flexibility index (Phi) is 409. The maximum atomic E-state index is 0. The Morgan fingerprint density at radius 1 is 0.600 bits per heavy atom. The van der Waals surface area contributed by atoms with Gasteiger partial charge in [0.15, 0.2) is 0 Å². The van der Waals surface area contributed by atoms with Crippen LogP contribution in [0, 0.1) is 0 Å². The van der Waals surface area contributed by atoms with Gasteiger partial charge in [0.25, 0.3) is 0 Å². The van der Waals surface area contributed by atoms with Gasteiger partial charge in [-0.05, 0) is 0 Å². The number of hydrogen-bond donors (Lipinski definition) is 0. The predicted octanol–water partition coefficient (Wildman–Crippen LogP) is -4.73. The minimum Gasteiger partial charge on any atom is -1.00 e. The van der Waals surface area contributed by atoms with Gasteiger partial charge in [0, 0.05) is 0 Å². The molecule has 0 aromatic carbocycles. The molecule has 32 valence electrons. The molecule has 0 aliphatic carbocycles. The van der Waals surface area contributed by atoms with Gasteiger partial charge in [-0.15, -0.1) is 37.2 Å². The summed E-state index contributed by atoms with van der Waals surface area (Å²) in [6.45, 7) is 0. The van der Waals surface area contributed by atoms with Crippen LogP contribution in [0.1, 0.15) is 0 Å². The van der Waals surface area contributed by atoms with E-state index in [9.17, 15) is 0 Å². The summed E-state index contributed by atoms with van der Waals surface area (Å²) >= 11 is 0. The quantitative estimate of drug-likeness (QED) is 0.318. The van der Waals surface area contributed by atoms with Crippen LogP contribution >= 0.6 is 37.2 Å². The van der Waals surface area contributed by atoms with Crippen molar-refractivity contribution in [1.29, 1.82) is 0 Å². The van der Waals surface area contributed by atoms with Gasteiger partial charge in [0.2, 0.25) is 0 Å². The minimum absolute atomic E-state index is 0. The van der Waals surface area contributed by atoms with E-state index in [1.807, 2.05) is 0 Å². The van der Waals surface area contributed by atoms with Crippen LogP contribution in [-0.4, -0.2) is 0 Å². The van der Waals surface area contributed by atoms with Crippen LogP contribution < -0.4 is 42.0 Å². The number of halogens is 4. The second-order valence-electron chi connectivity index (χ2n) is 0. The standard InChI is InChI=1S/4ClH.Na/h4*1H;/q;;;;+1/p-1. The summed E-state index contributed by atoms with van der Waals surface area (Å²) < 4.78 is 0. The zero-order valence-electron chi connectivity index (χ0n) is 2.60. The predicted molar refractivity (Wildman–Crippen MR) is 21.7 cm³/mol. The van der Waals surface area contributed by atoms with E-state index in [0.717, 1.165) is 0 Å². The van der Waals surface area contributed by atoms with E-state index in [0.29, 0.717) is 0 Å². The molecule has 0 heterocycles. The normalized spacial score (nSPS) is 0. The van der Waals surface area contributed by atoms with Crippen LogP contribution in [0.25, 0.3) is 0 Å².